The normalized spacial score (nSPS) is 18.4. The summed E-state index contributed by atoms with van der Waals surface area (Å²) in [6.07, 6.45) is 4.92. The summed E-state index contributed by atoms with van der Waals surface area (Å²) in [5, 5.41) is 14.2. The molecule has 0 bridgehead atoms. The zero-order valence-corrected chi connectivity index (χ0v) is 13.4. The number of nitrogens with one attached hydrogen (secondary N) is 1. The van der Waals surface area contributed by atoms with Gasteiger partial charge in [0.25, 0.3) is 0 Å². The van der Waals surface area contributed by atoms with Gasteiger partial charge in [0.05, 0.1) is 17.6 Å². The van der Waals surface area contributed by atoms with Gasteiger partial charge in [0.1, 0.15) is 0 Å². The average Bonchev–Trinajstić information content (AvgIpc) is 2.56. The number of piperidine rings is 1. The molecular formula is C15H22N4O4. The van der Waals surface area contributed by atoms with Crippen LogP contribution in [0.3, 0.4) is 0 Å². The van der Waals surface area contributed by atoms with E-state index < -0.39 is 10.9 Å². The third kappa shape index (κ3) is 4.38. The van der Waals surface area contributed by atoms with E-state index in [1.165, 1.54) is 38.6 Å². The monoisotopic (exact) mass is 322 g/mol. The minimum atomic E-state index is -0.644. The Labute approximate surface area is 135 Å². The molecule has 23 heavy (non-hydrogen) atoms. The maximum atomic E-state index is 11.4. The maximum absolute atomic E-state index is 11.4. The number of rotatable bonds is 6. The molecule has 8 heteroatoms. The predicted octanol–water partition coefficient (Wildman–Crippen LogP) is 2.06. The highest BCUT2D eigenvalue weighted by Crippen LogP contribution is 2.23. The van der Waals surface area contributed by atoms with E-state index in [0.29, 0.717) is 12.6 Å². The lowest BCUT2D eigenvalue weighted by Crippen LogP contribution is -2.40. The Morgan fingerprint density at radius 3 is 3.00 bits per heavy atom. The summed E-state index contributed by atoms with van der Waals surface area (Å²) in [4.78, 5) is 28.4. The molecule has 1 unspecified atom stereocenters. The Morgan fingerprint density at radius 1 is 1.57 bits per heavy atom. The number of methoxy groups -OCH3 is 1. The largest absolute Gasteiger partial charge is 0.465 e. The average molecular weight is 322 g/mol. The van der Waals surface area contributed by atoms with Crippen LogP contribution in [-0.2, 0) is 4.74 Å². The summed E-state index contributed by atoms with van der Waals surface area (Å²) in [6.45, 7) is 4.62. The molecule has 0 amide bonds. The zero-order chi connectivity index (χ0) is 16.8. The third-order valence-corrected chi connectivity index (χ3v) is 4.12. The molecule has 2 heterocycles. The molecule has 1 aliphatic heterocycles. The smallest absolute Gasteiger partial charge is 0.339 e. The van der Waals surface area contributed by atoms with Crippen LogP contribution in [0.1, 0.15) is 36.5 Å². The fraction of sp³-hybridized carbons (Fsp3) is 0.600. The minimum Gasteiger partial charge on any atom is -0.465 e. The van der Waals surface area contributed by atoms with Crippen LogP contribution in [0.15, 0.2) is 12.3 Å². The van der Waals surface area contributed by atoms with Crippen LogP contribution in [0.4, 0.5) is 11.5 Å². The predicted molar refractivity (Wildman–Crippen MR) is 85.6 cm³/mol. The SMILES string of the molecule is COC(=O)c1cnc(NCCN2CCCCC2C)c([N+](=O)[O-])c1. The van der Waals surface area contributed by atoms with E-state index in [2.05, 4.69) is 26.9 Å². The number of hydrogen-bond acceptors (Lipinski definition) is 7. The van der Waals surface area contributed by atoms with Crippen molar-refractivity contribution >= 4 is 17.5 Å². The van der Waals surface area contributed by atoms with Gasteiger partial charge in [-0.1, -0.05) is 6.42 Å². The number of carbonyl (C=O) groups excluding carboxylic acids is 1. The summed E-state index contributed by atoms with van der Waals surface area (Å²) in [5.74, 6) is -0.471. The molecule has 0 radical (unpaired) electrons. The van der Waals surface area contributed by atoms with Crippen LogP contribution in [0.2, 0.25) is 0 Å². The van der Waals surface area contributed by atoms with Gasteiger partial charge < -0.3 is 10.1 Å². The molecule has 0 aliphatic carbocycles. The van der Waals surface area contributed by atoms with Crippen LogP contribution >= 0.6 is 0 Å². The number of ether oxygens (including phenoxy) is 1. The van der Waals surface area contributed by atoms with Gasteiger partial charge in [-0.3, -0.25) is 15.0 Å². The van der Waals surface area contributed by atoms with Gasteiger partial charge in [-0.15, -0.1) is 0 Å². The number of aromatic nitrogens is 1. The van der Waals surface area contributed by atoms with E-state index in [1.54, 1.807) is 0 Å². The number of hydrogen-bond donors (Lipinski definition) is 1. The Balaban J connectivity index is 2.01. The maximum Gasteiger partial charge on any atom is 0.339 e. The van der Waals surface area contributed by atoms with Crippen molar-refractivity contribution in [3.05, 3.63) is 27.9 Å². The highest BCUT2D eigenvalue weighted by Gasteiger charge is 2.21. The first-order valence-corrected chi connectivity index (χ1v) is 7.73. The minimum absolute atomic E-state index is 0.0643. The summed E-state index contributed by atoms with van der Waals surface area (Å²) < 4.78 is 4.55. The molecule has 126 valence electrons. The van der Waals surface area contributed by atoms with E-state index in [-0.39, 0.29) is 17.1 Å². The first kappa shape index (κ1) is 17.1. The van der Waals surface area contributed by atoms with Crippen LogP contribution in [-0.4, -0.2) is 53.6 Å². The second-order valence-corrected chi connectivity index (χ2v) is 5.65. The Kier molecular flexibility index (Phi) is 5.86. The van der Waals surface area contributed by atoms with Gasteiger partial charge in [-0.05, 0) is 26.3 Å². The second-order valence-electron chi connectivity index (χ2n) is 5.65. The van der Waals surface area contributed by atoms with Crippen LogP contribution in [0.5, 0.6) is 0 Å². The van der Waals surface area contributed by atoms with E-state index in [1.807, 2.05) is 0 Å². The number of likely N-dealkylation sites (tertiary alicyclic amines) is 1. The molecule has 1 fully saturated rings. The Morgan fingerprint density at radius 2 is 2.35 bits per heavy atom. The summed E-state index contributed by atoms with van der Waals surface area (Å²) in [6, 6.07) is 1.72. The quantitative estimate of drug-likeness (QED) is 0.486. The molecule has 1 saturated heterocycles. The van der Waals surface area contributed by atoms with Crippen molar-refractivity contribution in [2.24, 2.45) is 0 Å². The van der Waals surface area contributed by atoms with Gasteiger partial charge in [-0.25, -0.2) is 9.78 Å². The highest BCUT2D eigenvalue weighted by molar-refractivity contribution is 5.90. The molecule has 1 aliphatic rings. The van der Waals surface area contributed by atoms with E-state index in [4.69, 9.17) is 0 Å². The first-order valence-electron chi connectivity index (χ1n) is 7.73. The highest BCUT2D eigenvalue weighted by atomic mass is 16.6. The molecule has 1 aromatic rings. The van der Waals surface area contributed by atoms with E-state index in [9.17, 15) is 14.9 Å². The fourth-order valence-corrected chi connectivity index (χ4v) is 2.77. The number of carbonyl (C=O) groups is 1. The standard InChI is InChI=1S/C15H22N4O4/c1-11-5-3-4-7-18(11)8-6-16-14-13(19(21)22)9-12(10-17-14)15(20)23-2/h9-11H,3-8H2,1-2H3,(H,16,17). The van der Waals surface area contributed by atoms with Crippen molar-refractivity contribution in [1.29, 1.82) is 0 Å². The molecule has 1 aromatic heterocycles. The van der Waals surface area contributed by atoms with Gasteiger partial charge >= 0.3 is 11.7 Å². The van der Waals surface area contributed by atoms with Crippen molar-refractivity contribution < 1.29 is 14.5 Å². The van der Waals surface area contributed by atoms with Gasteiger partial charge in [0, 0.05) is 31.4 Å². The fourth-order valence-electron chi connectivity index (χ4n) is 2.77. The van der Waals surface area contributed by atoms with E-state index >= 15 is 0 Å². The van der Waals surface area contributed by atoms with Crippen molar-refractivity contribution in [2.45, 2.75) is 32.2 Å². The lowest BCUT2D eigenvalue weighted by molar-refractivity contribution is -0.384. The van der Waals surface area contributed by atoms with Crippen molar-refractivity contribution in [2.75, 3.05) is 32.1 Å². The van der Waals surface area contributed by atoms with Crippen LogP contribution in [0, 0.1) is 10.1 Å². The van der Waals surface area contributed by atoms with Crippen molar-refractivity contribution in [3.8, 4) is 0 Å². The lowest BCUT2D eigenvalue weighted by Gasteiger charge is -2.33. The lowest BCUT2D eigenvalue weighted by atomic mass is 10.0. The second kappa shape index (κ2) is 7.87. The number of anilines is 1. The molecule has 0 spiro atoms. The van der Waals surface area contributed by atoms with Crippen molar-refractivity contribution in [3.63, 3.8) is 0 Å². The molecular weight excluding hydrogens is 300 g/mol. The molecule has 2 rings (SSSR count). The number of nitro groups is 1. The topological polar surface area (TPSA) is 97.6 Å². The van der Waals surface area contributed by atoms with Crippen LogP contribution < -0.4 is 5.32 Å². The molecule has 1 atom stereocenters. The van der Waals surface area contributed by atoms with Gasteiger partial charge in [0.2, 0.25) is 5.82 Å². The number of esters is 1. The first-order chi connectivity index (χ1) is 11.0. The Hall–Kier alpha value is -2.22. The summed E-state index contributed by atoms with van der Waals surface area (Å²) >= 11 is 0. The third-order valence-electron chi connectivity index (χ3n) is 4.12. The molecule has 0 aromatic carbocycles. The van der Waals surface area contributed by atoms with Gasteiger partial charge in [0.15, 0.2) is 0 Å². The van der Waals surface area contributed by atoms with Gasteiger partial charge in [-0.2, -0.15) is 0 Å². The zero-order valence-electron chi connectivity index (χ0n) is 13.4. The Bertz CT molecular complexity index is 579. The molecule has 8 nitrogen and oxygen atoms in total. The van der Waals surface area contributed by atoms with Crippen molar-refractivity contribution in [1.82, 2.24) is 9.88 Å². The number of nitrogens with zero attached hydrogens (tertiary/aromatic N) is 3. The van der Waals surface area contributed by atoms with E-state index in [0.717, 1.165) is 13.1 Å². The molecule has 1 N–H and O–H groups in total. The molecule has 0 saturated carbocycles. The summed E-state index contributed by atoms with van der Waals surface area (Å²) in [7, 11) is 1.22. The summed E-state index contributed by atoms with van der Waals surface area (Å²) in [5.41, 5.74) is -0.158. The van der Waals surface area contributed by atoms with Crippen LogP contribution in [0.25, 0.3) is 0 Å². The number of pyridine rings is 1.